The van der Waals surface area contributed by atoms with Crippen LogP contribution in [0.4, 0.5) is 4.39 Å². The van der Waals surface area contributed by atoms with Crippen molar-refractivity contribution < 1.29 is 27.4 Å². The van der Waals surface area contributed by atoms with Gasteiger partial charge in [0.15, 0.2) is 0 Å². The molecular weight excluding hydrogens is 499 g/mol. The number of halogens is 1. The molecule has 4 rings (SSSR count). The summed E-state index contributed by atoms with van der Waals surface area (Å²) in [7, 11) is -2.50. The summed E-state index contributed by atoms with van der Waals surface area (Å²) in [6.07, 6.45) is 4.20. The van der Waals surface area contributed by atoms with Crippen LogP contribution >= 0.6 is 0 Å². The molecule has 3 aromatic rings. The van der Waals surface area contributed by atoms with Crippen molar-refractivity contribution in [3.8, 4) is 17.0 Å². The second-order valence-electron chi connectivity index (χ2n) is 9.17. The Kier molecular flexibility index (Phi) is 7.86. The van der Waals surface area contributed by atoms with E-state index in [-0.39, 0.29) is 47.9 Å². The number of nitrogens with zero attached hydrogens (tertiary/aromatic N) is 4. The normalized spacial score (nSPS) is 19.1. The number of aromatic nitrogens is 2. The largest absolute Gasteiger partial charge is 0.472 e. The van der Waals surface area contributed by atoms with Crippen molar-refractivity contribution in [2.45, 2.75) is 30.9 Å². The van der Waals surface area contributed by atoms with Crippen LogP contribution in [-0.2, 0) is 10.0 Å². The number of benzene rings is 1. The number of aliphatic hydroxyl groups excluding tert-OH is 1. The zero-order chi connectivity index (χ0) is 26.7. The van der Waals surface area contributed by atoms with Crippen LogP contribution in [0.5, 0.6) is 5.88 Å². The molecule has 1 aliphatic rings. The molecule has 0 aliphatic carbocycles. The molecule has 0 radical (unpaired) electrons. The molecule has 1 aromatic carbocycles. The van der Waals surface area contributed by atoms with Crippen molar-refractivity contribution in [2.24, 2.45) is 5.92 Å². The summed E-state index contributed by atoms with van der Waals surface area (Å²) >= 11 is 0. The first-order chi connectivity index (χ1) is 17.6. The van der Waals surface area contributed by atoms with Gasteiger partial charge in [-0.05, 0) is 55.0 Å². The highest BCUT2D eigenvalue weighted by atomic mass is 32.2. The molecule has 0 saturated carbocycles. The fraction of sp³-hybridized carbons (Fsp3) is 0.346. The maximum Gasteiger partial charge on any atom is 0.259 e. The summed E-state index contributed by atoms with van der Waals surface area (Å²) in [5.41, 5.74) is 1.73. The standard InChI is InChI=1S/C26H29FN4O5S/c1-17-14-31(18(2)16-32)26(33)23-12-20(19-8-10-28-11-9-19)13-29-25(23)36-24(17)15-30(3)37(34,35)22-6-4-21(27)5-7-22/h4-13,17-18,24,32H,14-16H2,1-3H3/t17-,18+,24-/m0/s1. The minimum Gasteiger partial charge on any atom is -0.472 e. The Bertz CT molecular complexity index is 1360. The Labute approximate surface area is 215 Å². The molecule has 3 heterocycles. The van der Waals surface area contributed by atoms with E-state index in [9.17, 15) is 22.7 Å². The minimum atomic E-state index is -3.93. The number of ether oxygens (including phenoxy) is 1. The number of sulfonamides is 1. The number of aliphatic hydroxyl groups is 1. The van der Waals surface area contributed by atoms with E-state index >= 15 is 0 Å². The Hall–Kier alpha value is -3.41. The lowest BCUT2D eigenvalue weighted by Crippen LogP contribution is -2.50. The lowest BCUT2D eigenvalue weighted by molar-refractivity contribution is 0.0373. The SMILES string of the molecule is C[C@H](CO)N1C[C@H](C)[C@H](CN(C)S(=O)(=O)c2ccc(F)cc2)Oc2ncc(-c3ccncc3)cc2C1=O. The highest BCUT2D eigenvalue weighted by Crippen LogP contribution is 2.30. The molecule has 1 N–H and O–H groups in total. The predicted molar refractivity (Wildman–Crippen MR) is 135 cm³/mol. The van der Waals surface area contributed by atoms with E-state index in [2.05, 4.69) is 9.97 Å². The van der Waals surface area contributed by atoms with Crippen LogP contribution in [-0.4, -0.2) is 77.5 Å². The molecule has 9 nitrogen and oxygen atoms in total. The maximum atomic E-state index is 13.6. The van der Waals surface area contributed by atoms with Gasteiger partial charge >= 0.3 is 0 Å². The first kappa shape index (κ1) is 26.6. The van der Waals surface area contributed by atoms with Crippen LogP contribution in [0.2, 0.25) is 0 Å². The summed E-state index contributed by atoms with van der Waals surface area (Å²) in [6.45, 7) is 3.55. The van der Waals surface area contributed by atoms with Crippen molar-refractivity contribution >= 4 is 15.9 Å². The average molecular weight is 529 g/mol. The minimum absolute atomic E-state index is 0.0381. The zero-order valence-corrected chi connectivity index (χ0v) is 21.6. The van der Waals surface area contributed by atoms with E-state index in [4.69, 9.17) is 4.74 Å². The highest BCUT2D eigenvalue weighted by molar-refractivity contribution is 7.89. The molecule has 0 spiro atoms. The topological polar surface area (TPSA) is 113 Å². The van der Waals surface area contributed by atoms with Gasteiger partial charge in [-0.2, -0.15) is 4.31 Å². The summed E-state index contributed by atoms with van der Waals surface area (Å²) < 4.78 is 46.9. The summed E-state index contributed by atoms with van der Waals surface area (Å²) in [5.74, 6) is -1.09. The number of likely N-dealkylation sites (N-methyl/N-ethyl adjacent to an activating group) is 1. The van der Waals surface area contributed by atoms with Gasteiger partial charge in [-0.25, -0.2) is 17.8 Å². The second-order valence-corrected chi connectivity index (χ2v) is 11.2. The molecule has 0 fully saturated rings. The molecule has 1 aliphatic heterocycles. The quantitative estimate of drug-likeness (QED) is 0.502. The monoisotopic (exact) mass is 528 g/mol. The third-order valence-electron chi connectivity index (χ3n) is 6.49. The molecule has 37 heavy (non-hydrogen) atoms. The number of fused-ring (bicyclic) bond motifs is 1. The first-order valence-corrected chi connectivity index (χ1v) is 13.3. The van der Waals surface area contributed by atoms with Crippen LogP contribution in [0, 0.1) is 11.7 Å². The zero-order valence-electron chi connectivity index (χ0n) is 20.8. The van der Waals surface area contributed by atoms with E-state index < -0.39 is 28.0 Å². The summed E-state index contributed by atoms with van der Waals surface area (Å²) in [6, 6.07) is 9.41. The molecule has 2 aromatic heterocycles. The number of rotatable bonds is 7. The van der Waals surface area contributed by atoms with Crippen LogP contribution in [0.15, 0.2) is 66.0 Å². The van der Waals surface area contributed by atoms with Gasteiger partial charge in [-0.1, -0.05) is 6.92 Å². The Morgan fingerprint density at radius 1 is 1.19 bits per heavy atom. The van der Waals surface area contributed by atoms with Crippen molar-refractivity contribution in [1.82, 2.24) is 19.2 Å². The smallest absolute Gasteiger partial charge is 0.259 e. The van der Waals surface area contributed by atoms with E-state index in [0.717, 1.165) is 22.0 Å². The van der Waals surface area contributed by atoms with E-state index in [1.54, 1.807) is 48.6 Å². The fourth-order valence-corrected chi connectivity index (χ4v) is 5.34. The Morgan fingerprint density at radius 3 is 2.51 bits per heavy atom. The Morgan fingerprint density at radius 2 is 1.86 bits per heavy atom. The number of hydrogen-bond donors (Lipinski definition) is 1. The lowest BCUT2D eigenvalue weighted by atomic mass is 9.99. The third-order valence-corrected chi connectivity index (χ3v) is 8.33. The average Bonchev–Trinajstić information content (AvgIpc) is 2.90. The molecule has 0 unspecified atom stereocenters. The lowest BCUT2D eigenvalue weighted by Gasteiger charge is -2.37. The fourth-order valence-electron chi connectivity index (χ4n) is 4.16. The molecule has 0 bridgehead atoms. The third kappa shape index (κ3) is 5.63. The summed E-state index contributed by atoms with van der Waals surface area (Å²) in [5, 5.41) is 9.84. The molecule has 3 atom stereocenters. The van der Waals surface area contributed by atoms with Gasteiger partial charge < -0.3 is 14.7 Å². The Balaban J connectivity index is 1.70. The van der Waals surface area contributed by atoms with Crippen molar-refractivity contribution in [3.05, 3.63) is 72.4 Å². The molecule has 11 heteroatoms. The molecule has 1 amide bonds. The van der Waals surface area contributed by atoms with Crippen molar-refractivity contribution in [1.29, 1.82) is 0 Å². The van der Waals surface area contributed by atoms with Crippen LogP contribution in [0.1, 0.15) is 24.2 Å². The van der Waals surface area contributed by atoms with Crippen LogP contribution in [0.25, 0.3) is 11.1 Å². The van der Waals surface area contributed by atoms with Gasteiger partial charge in [0.05, 0.1) is 24.1 Å². The van der Waals surface area contributed by atoms with Crippen molar-refractivity contribution in [2.75, 3.05) is 26.7 Å². The number of pyridine rings is 2. The van der Waals surface area contributed by atoms with Crippen molar-refractivity contribution in [3.63, 3.8) is 0 Å². The van der Waals surface area contributed by atoms with Gasteiger partial charge in [0, 0.05) is 43.7 Å². The second kappa shape index (κ2) is 10.9. The molecule has 196 valence electrons. The first-order valence-electron chi connectivity index (χ1n) is 11.8. The van der Waals surface area contributed by atoms with Gasteiger partial charge in [-0.15, -0.1) is 0 Å². The highest BCUT2D eigenvalue weighted by Gasteiger charge is 2.36. The number of carbonyl (C=O) groups is 1. The van der Waals surface area contributed by atoms with Gasteiger partial charge in [0.2, 0.25) is 15.9 Å². The van der Waals surface area contributed by atoms with Crippen LogP contribution in [0.3, 0.4) is 0 Å². The van der Waals surface area contributed by atoms with Gasteiger partial charge in [0.1, 0.15) is 17.5 Å². The predicted octanol–water partition coefficient (Wildman–Crippen LogP) is 2.82. The number of carbonyl (C=O) groups excluding carboxylic acids is 1. The molecular formula is C26H29FN4O5S. The number of hydrogen-bond acceptors (Lipinski definition) is 7. The maximum absolute atomic E-state index is 13.6. The number of amides is 1. The van der Waals surface area contributed by atoms with E-state index in [1.165, 1.54) is 19.2 Å². The van der Waals surface area contributed by atoms with Gasteiger partial charge in [0.25, 0.3) is 5.91 Å². The van der Waals surface area contributed by atoms with Gasteiger partial charge in [-0.3, -0.25) is 9.78 Å². The summed E-state index contributed by atoms with van der Waals surface area (Å²) in [4.78, 5) is 23.5. The molecule has 0 saturated heterocycles. The van der Waals surface area contributed by atoms with E-state index in [0.29, 0.717) is 5.56 Å². The van der Waals surface area contributed by atoms with Crippen LogP contribution < -0.4 is 4.74 Å². The van der Waals surface area contributed by atoms with E-state index in [1.807, 2.05) is 6.92 Å².